The van der Waals surface area contributed by atoms with E-state index in [1.807, 2.05) is 0 Å². The van der Waals surface area contributed by atoms with E-state index in [0.29, 0.717) is 0 Å². The fourth-order valence-electron chi connectivity index (χ4n) is 2.46. The van der Waals surface area contributed by atoms with Gasteiger partial charge in [-0.3, -0.25) is 0 Å². The van der Waals surface area contributed by atoms with Gasteiger partial charge in [-0.05, 0) is 25.8 Å². The van der Waals surface area contributed by atoms with Crippen molar-refractivity contribution in [3.8, 4) is 0 Å². The Morgan fingerprint density at radius 3 is 2.40 bits per heavy atom. The van der Waals surface area contributed by atoms with E-state index in [4.69, 9.17) is 0 Å². The molecule has 1 atom stereocenters. The van der Waals surface area contributed by atoms with Gasteiger partial charge in [0.05, 0.1) is 5.25 Å². The van der Waals surface area contributed by atoms with Crippen molar-refractivity contribution in [3.63, 3.8) is 0 Å². The van der Waals surface area contributed by atoms with Crippen LogP contribution in [-0.4, -0.2) is 32.8 Å². The molecule has 88 valence electrons. The summed E-state index contributed by atoms with van der Waals surface area (Å²) in [5.41, 5.74) is 0. The van der Waals surface area contributed by atoms with Crippen molar-refractivity contribution in [1.29, 1.82) is 0 Å². The number of hydrogen-bond donors (Lipinski definition) is 2. The molecule has 1 aliphatic carbocycles. The second kappa shape index (κ2) is 4.80. The third-order valence-corrected chi connectivity index (χ3v) is 5.39. The maximum absolute atomic E-state index is 12.0. The first-order valence-electron chi connectivity index (χ1n) is 5.90. The molecule has 0 aromatic heterocycles. The third-order valence-electron chi connectivity index (χ3n) is 3.38. The van der Waals surface area contributed by atoms with Crippen molar-refractivity contribution >= 4 is 10.0 Å². The molecule has 2 aliphatic rings. The van der Waals surface area contributed by atoms with Crippen LogP contribution in [0, 0.1) is 0 Å². The molecule has 0 aromatic carbocycles. The molecule has 1 heterocycles. The smallest absolute Gasteiger partial charge is 0.214 e. The number of nitrogens with one attached hydrogen (secondary N) is 2. The van der Waals surface area contributed by atoms with E-state index in [9.17, 15) is 8.42 Å². The zero-order valence-electron chi connectivity index (χ0n) is 9.04. The Morgan fingerprint density at radius 2 is 1.80 bits per heavy atom. The van der Waals surface area contributed by atoms with Gasteiger partial charge in [0.15, 0.2) is 0 Å². The van der Waals surface area contributed by atoms with Crippen LogP contribution in [0.25, 0.3) is 0 Å². The molecule has 0 aromatic rings. The average Bonchev–Trinajstić information content (AvgIpc) is 2.71. The first-order chi connectivity index (χ1) is 7.18. The van der Waals surface area contributed by atoms with E-state index in [2.05, 4.69) is 10.0 Å². The lowest BCUT2D eigenvalue weighted by Crippen LogP contribution is -2.42. The van der Waals surface area contributed by atoms with Crippen LogP contribution in [0.2, 0.25) is 0 Å². The minimum absolute atomic E-state index is 0.122. The maximum Gasteiger partial charge on any atom is 0.214 e. The largest absolute Gasteiger partial charge is 0.315 e. The Morgan fingerprint density at radius 1 is 1.07 bits per heavy atom. The van der Waals surface area contributed by atoms with Crippen LogP contribution >= 0.6 is 0 Å². The molecule has 0 bridgehead atoms. The lowest BCUT2D eigenvalue weighted by atomic mass is 10.0. The van der Waals surface area contributed by atoms with Gasteiger partial charge < -0.3 is 5.32 Å². The van der Waals surface area contributed by atoms with Gasteiger partial charge >= 0.3 is 0 Å². The summed E-state index contributed by atoms with van der Waals surface area (Å²) in [5.74, 6) is 0. The highest BCUT2D eigenvalue weighted by atomic mass is 32.2. The van der Waals surface area contributed by atoms with Crippen LogP contribution in [0.3, 0.4) is 0 Å². The summed E-state index contributed by atoms with van der Waals surface area (Å²) in [7, 11) is -3.06. The highest BCUT2D eigenvalue weighted by Gasteiger charge is 2.30. The van der Waals surface area contributed by atoms with E-state index < -0.39 is 10.0 Å². The van der Waals surface area contributed by atoms with Gasteiger partial charge in [0, 0.05) is 12.6 Å². The highest BCUT2D eigenvalue weighted by molar-refractivity contribution is 7.90. The fraction of sp³-hybridized carbons (Fsp3) is 1.00. The topological polar surface area (TPSA) is 58.2 Å². The zero-order valence-corrected chi connectivity index (χ0v) is 9.85. The van der Waals surface area contributed by atoms with Gasteiger partial charge in [0.1, 0.15) is 0 Å². The number of sulfonamides is 1. The molecule has 2 N–H and O–H groups in total. The van der Waals surface area contributed by atoms with Crippen molar-refractivity contribution in [3.05, 3.63) is 0 Å². The Bertz CT molecular complexity index is 291. The molecular formula is C10H20N2O2S. The summed E-state index contributed by atoms with van der Waals surface area (Å²) < 4.78 is 26.8. The number of rotatable bonds is 3. The highest BCUT2D eigenvalue weighted by Crippen LogP contribution is 2.23. The zero-order chi connectivity index (χ0) is 10.7. The van der Waals surface area contributed by atoms with E-state index in [1.165, 1.54) is 6.42 Å². The fourth-order valence-corrected chi connectivity index (χ4v) is 4.27. The van der Waals surface area contributed by atoms with Crippen molar-refractivity contribution in [2.75, 3.05) is 13.1 Å². The molecule has 15 heavy (non-hydrogen) atoms. The molecule has 1 aliphatic heterocycles. The molecule has 2 fully saturated rings. The molecule has 1 unspecified atom stereocenters. The number of hydrogen-bond acceptors (Lipinski definition) is 3. The molecular weight excluding hydrogens is 212 g/mol. The van der Waals surface area contributed by atoms with Crippen LogP contribution < -0.4 is 10.0 Å². The normalized spacial score (nSPS) is 29.5. The quantitative estimate of drug-likeness (QED) is 0.749. The molecule has 0 radical (unpaired) electrons. The minimum Gasteiger partial charge on any atom is -0.315 e. The van der Waals surface area contributed by atoms with E-state index in [0.717, 1.165) is 45.2 Å². The Balaban J connectivity index is 1.92. The van der Waals surface area contributed by atoms with Crippen LogP contribution in [0.1, 0.15) is 38.5 Å². The molecule has 0 spiro atoms. The van der Waals surface area contributed by atoms with Gasteiger partial charge in [0.25, 0.3) is 0 Å². The van der Waals surface area contributed by atoms with Gasteiger partial charge in [0.2, 0.25) is 10.0 Å². The SMILES string of the molecule is O=S(=O)(NC1CCNC1)C1CCCCC1. The summed E-state index contributed by atoms with van der Waals surface area (Å²) in [5, 5.41) is 3.04. The molecule has 5 heteroatoms. The lowest BCUT2D eigenvalue weighted by molar-refractivity contribution is 0.471. The first kappa shape index (κ1) is 11.4. The molecule has 2 rings (SSSR count). The van der Waals surface area contributed by atoms with Crippen molar-refractivity contribution in [1.82, 2.24) is 10.0 Å². The van der Waals surface area contributed by atoms with Crippen LogP contribution in [0.15, 0.2) is 0 Å². The first-order valence-corrected chi connectivity index (χ1v) is 7.45. The molecule has 1 saturated heterocycles. The summed E-state index contributed by atoms with van der Waals surface area (Å²) in [6.07, 6.45) is 5.93. The average molecular weight is 232 g/mol. The summed E-state index contributed by atoms with van der Waals surface area (Å²) in [6, 6.07) is 0.122. The minimum atomic E-state index is -3.06. The summed E-state index contributed by atoms with van der Waals surface area (Å²) in [4.78, 5) is 0. The van der Waals surface area contributed by atoms with Crippen LogP contribution in [0.4, 0.5) is 0 Å². The molecule has 1 saturated carbocycles. The second-order valence-corrected chi connectivity index (χ2v) is 6.60. The van der Waals surface area contributed by atoms with Crippen molar-refractivity contribution in [2.24, 2.45) is 0 Å². The monoisotopic (exact) mass is 232 g/mol. The molecule has 4 nitrogen and oxygen atoms in total. The molecule has 0 amide bonds. The van der Waals surface area contributed by atoms with Crippen molar-refractivity contribution in [2.45, 2.75) is 49.8 Å². The predicted molar refractivity (Wildman–Crippen MR) is 60.2 cm³/mol. The van der Waals surface area contributed by atoms with Crippen LogP contribution in [0.5, 0.6) is 0 Å². The maximum atomic E-state index is 12.0. The van der Waals surface area contributed by atoms with Crippen molar-refractivity contribution < 1.29 is 8.42 Å². The Kier molecular flexibility index (Phi) is 3.64. The van der Waals surface area contributed by atoms with E-state index in [-0.39, 0.29) is 11.3 Å². The Hall–Kier alpha value is -0.130. The second-order valence-electron chi connectivity index (χ2n) is 4.61. The lowest BCUT2D eigenvalue weighted by Gasteiger charge is -2.23. The standard InChI is InChI=1S/C10H20N2O2S/c13-15(14,10-4-2-1-3-5-10)12-9-6-7-11-8-9/h9-12H,1-8H2. The van der Waals surface area contributed by atoms with Gasteiger partial charge in [-0.15, -0.1) is 0 Å². The third kappa shape index (κ3) is 2.92. The summed E-state index contributed by atoms with van der Waals surface area (Å²) >= 11 is 0. The van der Waals surface area contributed by atoms with E-state index >= 15 is 0 Å². The van der Waals surface area contributed by atoms with Crippen LogP contribution in [-0.2, 0) is 10.0 Å². The van der Waals surface area contributed by atoms with Gasteiger partial charge in [-0.2, -0.15) is 0 Å². The predicted octanol–water partition coefficient (Wildman–Crippen LogP) is 0.600. The Labute approximate surface area is 91.9 Å². The van der Waals surface area contributed by atoms with Gasteiger partial charge in [-0.1, -0.05) is 19.3 Å². The summed E-state index contributed by atoms with van der Waals surface area (Å²) in [6.45, 7) is 1.71. The van der Waals surface area contributed by atoms with Gasteiger partial charge in [-0.25, -0.2) is 13.1 Å². The van der Waals surface area contributed by atoms with E-state index in [1.54, 1.807) is 0 Å².